The van der Waals surface area contributed by atoms with E-state index in [4.69, 9.17) is 22.3 Å². The zero-order valence-electron chi connectivity index (χ0n) is 12.4. The smallest absolute Gasteiger partial charge is 0.141 e. The van der Waals surface area contributed by atoms with Crippen molar-refractivity contribution in [1.29, 1.82) is 0 Å². The molecule has 0 spiro atoms. The Hall–Kier alpha value is -2.00. The summed E-state index contributed by atoms with van der Waals surface area (Å²) in [4.78, 5) is 4.77. The number of imidazole rings is 1. The number of anilines is 1. The predicted octanol–water partition coefficient (Wildman–Crippen LogP) is 4.83. The molecule has 4 heteroatoms. The van der Waals surface area contributed by atoms with Gasteiger partial charge >= 0.3 is 0 Å². The molecule has 0 saturated heterocycles. The summed E-state index contributed by atoms with van der Waals surface area (Å²) in [5.41, 5.74) is 10.9. The molecule has 2 aromatic carbocycles. The second kappa shape index (κ2) is 5.08. The molecule has 0 amide bonds. The predicted molar refractivity (Wildman–Crippen MR) is 89.7 cm³/mol. The largest absolute Gasteiger partial charge is 0.399 e. The lowest BCUT2D eigenvalue weighted by molar-refractivity contribution is 0.624. The molecule has 1 heterocycles. The lowest BCUT2D eigenvalue weighted by Gasteiger charge is -2.14. The number of aryl methyl sites for hydroxylation is 1. The van der Waals surface area contributed by atoms with Crippen molar-refractivity contribution in [3.05, 3.63) is 47.0 Å². The number of hydrogen-bond donors (Lipinski definition) is 1. The van der Waals surface area contributed by atoms with E-state index in [0.717, 1.165) is 33.7 Å². The maximum atomic E-state index is 6.09. The Balaban J connectivity index is 2.30. The fraction of sp³-hybridized carbons (Fsp3) is 0.235. The summed E-state index contributed by atoms with van der Waals surface area (Å²) in [5, 5.41) is 0.705. The average molecular weight is 300 g/mol. The third-order valence-electron chi connectivity index (χ3n) is 3.70. The highest BCUT2D eigenvalue weighted by atomic mass is 35.5. The van der Waals surface area contributed by atoms with Gasteiger partial charge in [0.1, 0.15) is 5.82 Å². The Morgan fingerprint density at radius 3 is 2.57 bits per heavy atom. The van der Waals surface area contributed by atoms with Crippen LogP contribution >= 0.6 is 11.6 Å². The van der Waals surface area contributed by atoms with Gasteiger partial charge in [-0.25, -0.2) is 4.98 Å². The molecule has 2 N–H and O–H groups in total. The van der Waals surface area contributed by atoms with Crippen LogP contribution in [0.4, 0.5) is 5.69 Å². The molecule has 21 heavy (non-hydrogen) atoms. The van der Waals surface area contributed by atoms with Gasteiger partial charge in [-0.05, 0) is 62.7 Å². The molecule has 108 valence electrons. The molecule has 3 nitrogen and oxygen atoms in total. The van der Waals surface area contributed by atoms with E-state index in [9.17, 15) is 0 Å². The highest BCUT2D eigenvalue weighted by Crippen LogP contribution is 2.31. The van der Waals surface area contributed by atoms with Crippen molar-refractivity contribution in [1.82, 2.24) is 9.55 Å². The summed E-state index contributed by atoms with van der Waals surface area (Å²) in [6, 6.07) is 12.2. The molecule has 0 fully saturated rings. The molecule has 0 radical (unpaired) electrons. The van der Waals surface area contributed by atoms with E-state index in [0.29, 0.717) is 11.1 Å². The SMILES string of the molecule is Cc1cc(-c2nc3cc(Cl)ccc3n2C(C)C)ccc1N. The van der Waals surface area contributed by atoms with Gasteiger partial charge in [-0.15, -0.1) is 0 Å². The molecule has 3 rings (SSSR count). The Labute approximate surface area is 129 Å². The van der Waals surface area contributed by atoms with E-state index < -0.39 is 0 Å². The van der Waals surface area contributed by atoms with Crippen molar-refractivity contribution >= 4 is 28.3 Å². The average Bonchev–Trinajstić information content (AvgIpc) is 2.80. The van der Waals surface area contributed by atoms with E-state index in [2.05, 4.69) is 24.5 Å². The Morgan fingerprint density at radius 2 is 1.90 bits per heavy atom. The minimum atomic E-state index is 0.309. The summed E-state index contributed by atoms with van der Waals surface area (Å²) in [5.74, 6) is 0.949. The van der Waals surface area contributed by atoms with Crippen molar-refractivity contribution in [3.8, 4) is 11.4 Å². The van der Waals surface area contributed by atoms with E-state index >= 15 is 0 Å². The first kappa shape index (κ1) is 14.0. The van der Waals surface area contributed by atoms with Crippen LogP contribution in [-0.2, 0) is 0 Å². The molecule has 0 aliphatic rings. The highest BCUT2D eigenvalue weighted by molar-refractivity contribution is 6.31. The van der Waals surface area contributed by atoms with Crippen LogP contribution in [0.2, 0.25) is 5.02 Å². The fourth-order valence-electron chi connectivity index (χ4n) is 2.61. The molecule has 0 aliphatic carbocycles. The maximum Gasteiger partial charge on any atom is 0.141 e. The van der Waals surface area contributed by atoms with E-state index in [1.165, 1.54) is 0 Å². The van der Waals surface area contributed by atoms with Gasteiger partial charge < -0.3 is 10.3 Å². The summed E-state index contributed by atoms with van der Waals surface area (Å²) < 4.78 is 2.23. The van der Waals surface area contributed by atoms with Crippen molar-refractivity contribution < 1.29 is 0 Å². The summed E-state index contributed by atoms with van der Waals surface area (Å²) >= 11 is 6.09. The van der Waals surface area contributed by atoms with Crippen molar-refractivity contribution in [2.75, 3.05) is 5.73 Å². The summed E-state index contributed by atoms with van der Waals surface area (Å²) in [7, 11) is 0. The molecule has 0 atom stereocenters. The number of halogens is 1. The molecule has 1 aromatic heterocycles. The normalized spacial score (nSPS) is 11.5. The molecule has 0 bridgehead atoms. The van der Waals surface area contributed by atoms with Gasteiger partial charge in [-0.2, -0.15) is 0 Å². The van der Waals surface area contributed by atoms with Crippen molar-refractivity contribution in [2.24, 2.45) is 0 Å². The standard InChI is InChI=1S/C17H18ClN3/c1-10(2)21-16-7-5-13(18)9-15(16)20-17(21)12-4-6-14(19)11(3)8-12/h4-10H,19H2,1-3H3. The molecule has 0 saturated carbocycles. The van der Waals surface area contributed by atoms with Crippen LogP contribution in [0.5, 0.6) is 0 Å². The molecular formula is C17H18ClN3. The Kier molecular flexibility index (Phi) is 3.38. The fourth-order valence-corrected chi connectivity index (χ4v) is 2.78. The third-order valence-corrected chi connectivity index (χ3v) is 3.93. The molecule has 0 unspecified atom stereocenters. The first-order chi connectivity index (χ1) is 9.97. The molecule has 0 aliphatic heterocycles. The number of fused-ring (bicyclic) bond motifs is 1. The summed E-state index contributed by atoms with van der Waals surface area (Å²) in [6.45, 7) is 6.32. The lowest BCUT2D eigenvalue weighted by Crippen LogP contribution is -2.03. The number of nitrogen functional groups attached to an aromatic ring is 1. The van der Waals surface area contributed by atoms with Crippen LogP contribution in [0.1, 0.15) is 25.5 Å². The highest BCUT2D eigenvalue weighted by Gasteiger charge is 2.15. The van der Waals surface area contributed by atoms with Crippen LogP contribution in [-0.4, -0.2) is 9.55 Å². The van der Waals surface area contributed by atoms with Gasteiger partial charge in [-0.3, -0.25) is 0 Å². The van der Waals surface area contributed by atoms with Crippen molar-refractivity contribution in [2.45, 2.75) is 26.8 Å². The number of benzene rings is 2. The number of nitrogens with two attached hydrogens (primary N) is 1. The number of nitrogens with zero attached hydrogens (tertiary/aromatic N) is 2. The number of aromatic nitrogens is 2. The maximum absolute atomic E-state index is 6.09. The first-order valence-electron chi connectivity index (χ1n) is 7.01. The van der Waals surface area contributed by atoms with Crippen LogP contribution in [0.25, 0.3) is 22.4 Å². The van der Waals surface area contributed by atoms with Gasteiger partial charge in [0.15, 0.2) is 0 Å². The quantitative estimate of drug-likeness (QED) is 0.689. The lowest BCUT2D eigenvalue weighted by atomic mass is 10.1. The second-order valence-electron chi connectivity index (χ2n) is 5.60. The zero-order chi connectivity index (χ0) is 15.1. The van der Waals surface area contributed by atoms with Gasteiger partial charge in [-0.1, -0.05) is 11.6 Å². The van der Waals surface area contributed by atoms with Crippen LogP contribution < -0.4 is 5.73 Å². The van der Waals surface area contributed by atoms with Gasteiger partial charge in [0.2, 0.25) is 0 Å². The van der Waals surface area contributed by atoms with E-state index in [1.54, 1.807) is 0 Å². The first-order valence-corrected chi connectivity index (χ1v) is 7.39. The molecular weight excluding hydrogens is 282 g/mol. The Bertz CT molecular complexity index is 818. The van der Waals surface area contributed by atoms with E-state index in [1.807, 2.05) is 37.3 Å². The topological polar surface area (TPSA) is 43.8 Å². The van der Waals surface area contributed by atoms with Gasteiger partial charge in [0.05, 0.1) is 11.0 Å². The summed E-state index contributed by atoms with van der Waals surface area (Å²) in [6.07, 6.45) is 0. The van der Waals surface area contributed by atoms with Crippen LogP contribution in [0.15, 0.2) is 36.4 Å². The Morgan fingerprint density at radius 1 is 1.14 bits per heavy atom. The van der Waals surface area contributed by atoms with Gasteiger partial charge in [0, 0.05) is 22.3 Å². The molecule has 3 aromatic rings. The third kappa shape index (κ3) is 2.38. The zero-order valence-corrected chi connectivity index (χ0v) is 13.1. The monoisotopic (exact) mass is 299 g/mol. The van der Waals surface area contributed by atoms with Crippen LogP contribution in [0.3, 0.4) is 0 Å². The minimum Gasteiger partial charge on any atom is -0.399 e. The number of rotatable bonds is 2. The minimum absolute atomic E-state index is 0.309. The van der Waals surface area contributed by atoms with Gasteiger partial charge in [0.25, 0.3) is 0 Å². The van der Waals surface area contributed by atoms with E-state index in [-0.39, 0.29) is 0 Å². The number of hydrogen-bond acceptors (Lipinski definition) is 2. The van der Waals surface area contributed by atoms with Crippen molar-refractivity contribution in [3.63, 3.8) is 0 Å². The van der Waals surface area contributed by atoms with Crippen LogP contribution in [0, 0.1) is 6.92 Å². The second-order valence-corrected chi connectivity index (χ2v) is 6.04.